The van der Waals surface area contributed by atoms with E-state index in [1.807, 2.05) is 6.08 Å². The van der Waals surface area contributed by atoms with Gasteiger partial charge < -0.3 is 0 Å². The first-order chi connectivity index (χ1) is 5.15. The third-order valence-electron chi connectivity index (χ3n) is 1.26. The zero-order chi connectivity index (χ0) is 8.43. The van der Waals surface area contributed by atoms with Crippen molar-refractivity contribution in [3.05, 3.63) is 35.0 Å². The Labute approximate surface area is 107 Å². The highest BCUT2D eigenvalue weighted by Gasteiger charge is 2.00. The molecule has 0 atom stereocenters. The zero-order valence-electron chi connectivity index (χ0n) is 5.57. The second kappa shape index (κ2) is 4.40. The van der Waals surface area contributed by atoms with Gasteiger partial charge in [0.15, 0.2) is 0 Å². The second-order valence-electron chi connectivity index (χ2n) is 1.99. The molecule has 58 valence electrons. The SMILES string of the molecule is C=Cc1cc(I)c(I)cc1I. The minimum atomic E-state index is 1.22. The maximum absolute atomic E-state index is 3.75. The first kappa shape index (κ1) is 10.2. The van der Waals surface area contributed by atoms with E-state index in [9.17, 15) is 0 Å². The van der Waals surface area contributed by atoms with Crippen LogP contribution >= 0.6 is 67.8 Å². The minimum absolute atomic E-state index is 1.22. The molecule has 0 N–H and O–H groups in total. The smallest absolute Gasteiger partial charge is 0.0274 e. The molecule has 0 bridgehead atoms. The summed E-state index contributed by atoms with van der Waals surface area (Å²) < 4.78 is 3.86. The van der Waals surface area contributed by atoms with Crippen molar-refractivity contribution in [2.75, 3.05) is 0 Å². The summed E-state index contributed by atoms with van der Waals surface area (Å²) in [6.45, 7) is 3.75. The van der Waals surface area contributed by atoms with Crippen molar-refractivity contribution < 1.29 is 0 Å². The summed E-state index contributed by atoms with van der Waals surface area (Å²) in [7, 11) is 0. The largest absolute Gasteiger partial charge is 0.0984 e. The van der Waals surface area contributed by atoms with Gasteiger partial charge in [-0.25, -0.2) is 0 Å². The monoisotopic (exact) mass is 482 g/mol. The van der Waals surface area contributed by atoms with Gasteiger partial charge in [0.25, 0.3) is 0 Å². The molecule has 0 aliphatic heterocycles. The van der Waals surface area contributed by atoms with Gasteiger partial charge >= 0.3 is 0 Å². The molecule has 0 unspecified atom stereocenters. The van der Waals surface area contributed by atoms with Gasteiger partial charge in [0, 0.05) is 10.7 Å². The topological polar surface area (TPSA) is 0 Å². The predicted octanol–water partition coefficient (Wildman–Crippen LogP) is 4.14. The van der Waals surface area contributed by atoms with Gasteiger partial charge in [0.05, 0.1) is 0 Å². The van der Waals surface area contributed by atoms with Crippen molar-refractivity contribution in [3.8, 4) is 0 Å². The number of benzene rings is 1. The number of hydrogen-bond donors (Lipinski definition) is 0. The van der Waals surface area contributed by atoms with Crippen molar-refractivity contribution in [2.45, 2.75) is 0 Å². The molecule has 0 amide bonds. The lowest BCUT2D eigenvalue weighted by Crippen LogP contribution is -1.85. The molecule has 0 aliphatic carbocycles. The van der Waals surface area contributed by atoms with Gasteiger partial charge in [-0.3, -0.25) is 0 Å². The van der Waals surface area contributed by atoms with E-state index in [1.54, 1.807) is 0 Å². The van der Waals surface area contributed by atoms with E-state index in [0.717, 1.165) is 0 Å². The van der Waals surface area contributed by atoms with Crippen molar-refractivity contribution in [1.82, 2.24) is 0 Å². The molecule has 1 aromatic rings. The Morgan fingerprint density at radius 2 is 1.55 bits per heavy atom. The van der Waals surface area contributed by atoms with Crippen LogP contribution < -0.4 is 0 Å². The van der Waals surface area contributed by atoms with Crippen LogP contribution in [0.3, 0.4) is 0 Å². The third kappa shape index (κ3) is 2.55. The molecule has 0 saturated heterocycles. The molecule has 0 nitrogen and oxygen atoms in total. The molecule has 11 heavy (non-hydrogen) atoms. The Morgan fingerprint density at radius 1 is 1.00 bits per heavy atom. The predicted molar refractivity (Wildman–Crippen MR) is 74.7 cm³/mol. The molecular formula is C8H5I3. The minimum Gasteiger partial charge on any atom is -0.0984 e. The molecule has 0 aromatic heterocycles. The van der Waals surface area contributed by atoms with Crippen LogP contribution in [-0.2, 0) is 0 Å². The van der Waals surface area contributed by atoms with Gasteiger partial charge in [0.2, 0.25) is 0 Å². The summed E-state index contributed by atoms with van der Waals surface area (Å²) >= 11 is 6.99. The van der Waals surface area contributed by atoms with Gasteiger partial charge in [-0.2, -0.15) is 0 Å². The lowest BCUT2D eigenvalue weighted by Gasteiger charge is -2.01. The summed E-state index contributed by atoms with van der Waals surface area (Å²) in [4.78, 5) is 0. The fraction of sp³-hybridized carbons (Fsp3) is 0. The number of rotatable bonds is 1. The molecule has 3 heteroatoms. The van der Waals surface area contributed by atoms with Crippen LogP contribution in [0.5, 0.6) is 0 Å². The third-order valence-corrected chi connectivity index (χ3v) is 5.01. The first-order valence-electron chi connectivity index (χ1n) is 2.92. The Balaban J connectivity index is 3.31. The van der Waals surface area contributed by atoms with E-state index >= 15 is 0 Å². The summed E-state index contributed by atoms with van der Waals surface area (Å²) in [6, 6.07) is 4.32. The van der Waals surface area contributed by atoms with E-state index in [2.05, 4.69) is 86.5 Å². The molecule has 0 radical (unpaired) electrons. The van der Waals surface area contributed by atoms with Crippen LogP contribution in [0.4, 0.5) is 0 Å². The molecule has 0 aliphatic rings. The molecule has 0 spiro atoms. The molecule has 0 fully saturated rings. The summed E-state index contributed by atoms with van der Waals surface area (Å²) in [6.07, 6.45) is 1.89. The Bertz CT molecular complexity index is 292. The first-order valence-corrected chi connectivity index (χ1v) is 6.15. The summed E-state index contributed by atoms with van der Waals surface area (Å²) in [5, 5.41) is 0. The van der Waals surface area contributed by atoms with Gasteiger partial charge in [0.1, 0.15) is 0 Å². The lowest BCUT2D eigenvalue weighted by atomic mass is 10.2. The molecule has 1 aromatic carbocycles. The van der Waals surface area contributed by atoms with Crippen molar-refractivity contribution in [2.24, 2.45) is 0 Å². The zero-order valence-corrected chi connectivity index (χ0v) is 12.0. The molecule has 0 saturated carbocycles. The Kier molecular flexibility index (Phi) is 4.10. The van der Waals surface area contributed by atoms with Crippen LogP contribution in [0.25, 0.3) is 6.08 Å². The van der Waals surface area contributed by atoms with E-state index in [1.165, 1.54) is 16.3 Å². The van der Waals surface area contributed by atoms with Gasteiger partial charge in [-0.15, -0.1) is 0 Å². The lowest BCUT2D eigenvalue weighted by molar-refractivity contribution is 1.51. The normalized spacial score (nSPS) is 9.73. The maximum Gasteiger partial charge on any atom is 0.0274 e. The quantitative estimate of drug-likeness (QED) is 0.418. The molecular weight excluding hydrogens is 477 g/mol. The highest BCUT2D eigenvalue weighted by Crippen LogP contribution is 2.22. The standard InChI is InChI=1S/C8H5I3/c1-2-5-3-7(10)8(11)4-6(5)9/h2-4H,1H2. The highest BCUT2D eigenvalue weighted by molar-refractivity contribution is 14.1. The van der Waals surface area contributed by atoms with Crippen LogP contribution in [0.1, 0.15) is 5.56 Å². The van der Waals surface area contributed by atoms with E-state index < -0.39 is 0 Å². The average Bonchev–Trinajstić information content (AvgIpc) is 1.97. The second-order valence-corrected chi connectivity index (χ2v) is 5.48. The van der Waals surface area contributed by atoms with Crippen LogP contribution in [0.15, 0.2) is 18.7 Å². The van der Waals surface area contributed by atoms with Crippen molar-refractivity contribution in [1.29, 1.82) is 0 Å². The van der Waals surface area contributed by atoms with Crippen LogP contribution in [-0.4, -0.2) is 0 Å². The number of hydrogen-bond acceptors (Lipinski definition) is 0. The van der Waals surface area contributed by atoms with Crippen molar-refractivity contribution in [3.63, 3.8) is 0 Å². The fourth-order valence-electron chi connectivity index (χ4n) is 0.694. The van der Waals surface area contributed by atoms with Crippen LogP contribution in [0, 0.1) is 10.7 Å². The van der Waals surface area contributed by atoms with Crippen LogP contribution in [0.2, 0.25) is 0 Å². The molecule has 0 heterocycles. The van der Waals surface area contributed by atoms with E-state index in [-0.39, 0.29) is 0 Å². The van der Waals surface area contributed by atoms with Gasteiger partial charge in [-0.1, -0.05) is 12.7 Å². The van der Waals surface area contributed by atoms with E-state index in [0.29, 0.717) is 0 Å². The highest BCUT2D eigenvalue weighted by atomic mass is 127. The fourth-order valence-corrected chi connectivity index (χ4v) is 2.94. The average molecular weight is 482 g/mol. The number of halogens is 3. The Hall–Kier alpha value is 1.15. The molecule has 1 rings (SSSR count). The summed E-state index contributed by atoms with van der Waals surface area (Å²) in [5.74, 6) is 0. The summed E-state index contributed by atoms with van der Waals surface area (Å²) in [5.41, 5.74) is 1.22. The van der Waals surface area contributed by atoms with Gasteiger partial charge in [-0.05, 0) is 85.5 Å². The van der Waals surface area contributed by atoms with E-state index in [4.69, 9.17) is 0 Å². The van der Waals surface area contributed by atoms with Crippen molar-refractivity contribution >= 4 is 73.8 Å². The Morgan fingerprint density at radius 3 is 2.09 bits per heavy atom. The maximum atomic E-state index is 3.75.